The minimum Gasteiger partial charge on any atom is -0.444 e. The maximum atomic E-state index is 12.0. The quantitative estimate of drug-likeness (QED) is 0.827. The summed E-state index contributed by atoms with van der Waals surface area (Å²) >= 11 is 0. The fourth-order valence-corrected chi connectivity index (χ4v) is 1.72. The Morgan fingerprint density at radius 1 is 1.21 bits per heavy atom. The first-order valence-electron chi connectivity index (χ1n) is 6.85. The van der Waals surface area contributed by atoms with E-state index in [0.717, 1.165) is 6.42 Å². The maximum Gasteiger partial charge on any atom is 0.410 e. The van der Waals surface area contributed by atoms with Crippen LogP contribution in [0.2, 0.25) is 0 Å². The Morgan fingerprint density at radius 2 is 1.79 bits per heavy atom. The lowest BCUT2D eigenvalue weighted by atomic mass is 10.1. The van der Waals surface area contributed by atoms with Crippen molar-refractivity contribution in [3.63, 3.8) is 0 Å². The second-order valence-electron chi connectivity index (χ2n) is 5.80. The van der Waals surface area contributed by atoms with Gasteiger partial charge >= 0.3 is 6.09 Å². The van der Waals surface area contributed by atoms with Crippen molar-refractivity contribution in [3.8, 4) is 0 Å². The molecule has 0 N–H and O–H groups in total. The second-order valence-corrected chi connectivity index (χ2v) is 5.80. The molecule has 0 saturated carbocycles. The van der Waals surface area contributed by atoms with Crippen molar-refractivity contribution >= 4 is 6.09 Å². The van der Waals surface area contributed by atoms with Gasteiger partial charge < -0.3 is 9.64 Å². The zero-order valence-electron chi connectivity index (χ0n) is 12.7. The molecule has 0 saturated heterocycles. The molecule has 0 atom stereocenters. The molecule has 3 nitrogen and oxygen atoms in total. The van der Waals surface area contributed by atoms with Crippen LogP contribution < -0.4 is 0 Å². The van der Waals surface area contributed by atoms with Crippen LogP contribution >= 0.6 is 0 Å². The molecule has 3 heteroatoms. The van der Waals surface area contributed by atoms with Gasteiger partial charge in [-0.05, 0) is 46.6 Å². The molecule has 1 aromatic carbocycles. The number of amides is 1. The molecule has 0 fully saturated rings. The molecule has 0 aliphatic heterocycles. The summed E-state index contributed by atoms with van der Waals surface area (Å²) < 4.78 is 5.39. The molecule has 0 radical (unpaired) electrons. The molecule has 19 heavy (non-hydrogen) atoms. The minimum absolute atomic E-state index is 0.234. The SMILES string of the molecule is CCN(CCc1ccc(C)cc1)C(=O)OC(C)(C)C. The summed E-state index contributed by atoms with van der Waals surface area (Å²) in [5.74, 6) is 0. The third kappa shape index (κ3) is 5.77. The predicted molar refractivity (Wildman–Crippen MR) is 78.4 cm³/mol. The molecule has 0 aliphatic carbocycles. The molecule has 0 aromatic heterocycles. The van der Waals surface area contributed by atoms with E-state index in [4.69, 9.17) is 4.74 Å². The van der Waals surface area contributed by atoms with Gasteiger partial charge in [0.2, 0.25) is 0 Å². The van der Waals surface area contributed by atoms with Crippen LogP contribution in [0.25, 0.3) is 0 Å². The average Bonchev–Trinajstić information content (AvgIpc) is 2.30. The van der Waals surface area contributed by atoms with Gasteiger partial charge in [0.05, 0.1) is 0 Å². The Hall–Kier alpha value is -1.51. The number of carbonyl (C=O) groups excluding carboxylic acids is 1. The van der Waals surface area contributed by atoms with Crippen LogP contribution in [-0.2, 0) is 11.2 Å². The fourth-order valence-electron chi connectivity index (χ4n) is 1.72. The highest BCUT2D eigenvalue weighted by molar-refractivity contribution is 5.68. The average molecular weight is 263 g/mol. The van der Waals surface area contributed by atoms with E-state index < -0.39 is 5.60 Å². The lowest BCUT2D eigenvalue weighted by Gasteiger charge is -2.26. The number of carbonyl (C=O) groups is 1. The summed E-state index contributed by atoms with van der Waals surface area (Å²) in [4.78, 5) is 13.7. The van der Waals surface area contributed by atoms with E-state index in [0.29, 0.717) is 13.1 Å². The first-order valence-corrected chi connectivity index (χ1v) is 6.85. The van der Waals surface area contributed by atoms with Crippen molar-refractivity contribution in [3.05, 3.63) is 35.4 Å². The molecular weight excluding hydrogens is 238 g/mol. The van der Waals surface area contributed by atoms with Gasteiger partial charge in [-0.3, -0.25) is 0 Å². The third-order valence-corrected chi connectivity index (χ3v) is 2.82. The lowest BCUT2D eigenvalue weighted by molar-refractivity contribution is 0.0262. The van der Waals surface area contributed by atoms with E-state index in [-0.39, 0.29) is 6.09 Å². The largest absolute Gasteiger partial charge is 0.444 e. The Balaban J connectivity index is 2.53. The predicted octanol–water partition coefficient (Wildman–Crippen LogP) is 3.79. The number of hydrogen-bond donors (Lipinski definition) is 0. The van der Waals surface area contributed by atoms with Gasteiger partial charge in [-0.25, -0.2) is 4.79 Å². The number of likely N-dealkylation sites (N-methyl/N-ethyl adjacent to an activating group) is 1. The molecule has 1 amide bonds. The van der Waals surface area contributed by atoms with Gasteiger partial charge in [-0.1, -0.05) is 29.8 Å². The van der Waals surface area contributed by atoms with E-state index in [1.807, 2.05) is 27.7 Å². The van der Waals surface area contributed by atoms with Gasteiger partial charge in [0, 0.05) is 13.1 Å². The van der Waals surface area contributed by atoms with Crippen LogP contribution in [-0.4, -0.2) is 29.7 Å². The van der Waals surface area contributed by atoms with Gasteiger partial charge in [0.15, 0.2) is 0 Å². The number of ether oxygens (including phenoxy) is 1. The topological polar surface area (TPSA) is 29.5 Å². The molecule has 0 heterocycles. The minimum atomic E-state index is -0.436. The van der Waals surface area contributed by atoms with Crippen LogP contribution in [0.1, 0.15) is 38.8 Å². The standard InChI is InChI=1S/C16H25NO2/c1-6-17(15(18)19-16(3,4)5)12-11-14-9-7-13(2)8-10-14/h7-10H,6,11-12H2,1-5H3. The summed E-state index contributed by atoms with van der Waals surface area (Å²) in [6, 6.07) is 8.41. The van der Waals surface area contributed by atoms with Gasteiger partial charge in [-0.15, -0.1) is 0 Å². The van der Waals surface area contributed by atoms with Crippen LogP contribution in [0, 0.1) is 6.92 Å². The Labute approximate surface area is 116 Å². The highest BCUT2D eigenvalue weighted by Crippen LogP contribution is 2.11. The molecule has 1 rings (SSSR count). The van der Waals surface area contributed by atoms with Crippen LogP contribution in [0.4, 0.5) is 4.79 Å². The van der Waals surface area contributed by atoms with E-state index in [1.165, 1.54) is 11.1 Å². The third-order valence-electron chi connectivity index (χ3n) is 2.82. The zero-order chi connectivity index (χ0) is 14.5. The fraction of sp³-hybridized carbons (Fsp3) is 0.562. The second kappa shape index (κ2) is 6.60. The van der Waals surface area contributed by atoms with E-state index in [1.54, 1.807) is 4.90 Å². The number of rotatable bonds is 4. The van der Waals surface area contributed by atoms with Crippen LogP contribution in [0.5, 0.6) is 0 Å². The number of nitrogens with zero attached hydrogens (tertiary/aromatic N) is 1. The summed E-state index contributed by atoms with van der Waals surface area (Å²) in [6.45, 7) is 11.1. The van der Waals surface area contributed by atoms with E-state index in [9.17, 15) is 4.79 Å². The van der Waals surface area contributed by atoms with Crippen molar-refractivity contribution in [1.29, 1.82) is 0 Å². The Kier molecular flexibility index (Phi) is 5.40. The van der Waals surface area contributed by atoms with E-state index in [2.05, 4.69) is 31.2 Å². The molecular formula is C16H25NO2. The number of benzene rings is 1. The smallest absolute Gasteiger partial charge is 0.410 e. The first-order chi connectivity index (χ1) is 8.81. The highest BCUT2D eigenvalue weighted by Gasteiger charge is 2.20. The highest BCUT2D eigenvalue weighted by atomic mass is 16.6. The molecule has 1 aromatic rings. The van der Waals surface area contributed by atoms with Gasteiger partial charge in [0.25, 0.3) is 0 Å². The molecule has 0 bridgehead atoms. The molecule has 0 spiro atoms. The van der Waals surface area contributed by atoms with Crippen LogP contribution in [0.15, 0.2) is 24.3 Å². The van der Waals surface area contributed by atoms with Crippen molar-refractivity contribution in [1.82, 2.24) is 4.90 Å². The van der Waals surface area contributed by atoms with Gasteiger partial charge in [0.1, 0.15) is 5.60 Å². The lowest BCUT2D eigenvalue weighted by Crippen LogP contribution is -2.37. The van der Waals surface area contributed by atoms with E-state index >= 15 is 0 Å². The summed E-state index contributed by atoms with van der Waals surface area (Å²) in [7, 11) is 0. The van der Waals surface area contributed by atoms with Crippen molar-refractivity contribution in [2.75, 3.05) is 13.1 Å². The molecule has 0 aliphatic rings. The first kappa shape index (κ1) is 15.5. The number of aryl methyl sites for hydroxylation is 1. The molecule has 106 valence electrons. The Bertz CT molecular complexity index is 404. The van der Waals surface area contributed by atoms with Crippen LogP contribution in [0.3, 0.4) is 0 Å². The zero-order valence-corrected chi connectivity index (χ0v) is 12.7. The summed E-state index contributed by atoms with van der Waals surface area (Å²) in [5.41, 5.74) is 2.06. The van der Waals surface area contributed by atoms with Crippen molar-refractivity contribution in [2.24, 2.45) is 0 Å². The maximum absolute atomic E-state index is 12.0. The summed E-state index contributed by atoms with van der Waals surface area (Å²) in [5, 5.41) is 0. The normalized spacial score (nSPS) is 11.2. The number of hydrogen-bond acceptors (Lipinski definition) is 2. The van der Waals surface area contributed by atoms with Gasteiger partial charge in [-0.2, -0.15) is 0 Å². The summed E-state index contributed by atoms with van der Waals surface area (Å²) in [6.07, 6.45) is 0.620. The Morgan fingerprint density at radius 3 is 2.26 bits per heavy atom. The monoisotopic (exact) mass is 263 g/mol. The molecule has 0 unspecified atom stereocenters. The van der Waals surface area contributed by atoms with Crippen molar-refractivity contribution in [2.45, 2.75) is 46.6 Å². The van der Waals surface area contributed by atoms with Crippen molar-refractivity contribution < 1.29 is 9.53 Å².